The van der Waals surface area contributed by atoms with Crippen molar-refractivity contribution in [3.05, 3.63) is 53.6 Å². The number of carbonyl (C=O) groups is 1. The number of nitrogens with one attached hydrogen (secondary N) is 1. The Hall–Kier alpha value is -2.49. The van der Waals surface area contributed by atoms with Crippen LogP contribution in [0.15, 0.2) is 42.5 Å². The van der Waals surface area contributed by atoms with Crippen molar-refractivity contribution in [2.45, 2.75) is 20.3 Å². The number of methoxy groups -OCH3 is 1. The van der Waals surface area contributed by atoms with Crippen molar-refractivity contribution in [1.29, 1.82) is 0 Å². The molecule has 4 nitrogen and oxygen atoms in total. The van der Waals surface area contributed by atoms with E-state index < -0.39 is 0 Å². The molecule has 0 saturated heterocycles. The number of benzene rings is 2. The van der Waals surface area contributed by atoms with Crippen molar-refractivity contribution in [1.82, 2.24) is 0 Å². The van der Waals surface area contributed by atoms with E-state index in [-0.39, 0.29) is 12.3 Å². The highest BCUT2D eigenvalue weighted by atomic mass is 16.5. The number of rotatable bonds is 6. The van der Waals surface area contributed by atoms with Crippen LogP contribution in [0.4, 0.5) is 5.69 Å². The van der Waals surface area contributed by atoms with E-state index >= 15 is 0 Å². The lowest BCUT2D eigenvalue weighted by molar-refractivity contribution is -0.115. The Morgan fingerprint density at radius 1 is 1.14 bits per heavy atom. The summed E-state index contributed by atoms with van der Waals surface area (Å²) in [7, 11) is 1.63. The lowest BCUT2D eigenvalue weighted by Crippen LogP contribution is -2.15. The van der Waals surface area contributed by atoms with E-state index in [1.807, 2.05) is 56.3 Å². The number of hydrogen-bond acceptors (Lipinski definition) is 3. The van der Waals surface area contributed by atoms with Gasteiger partial charge in [0.25, 0.3) is 0 Å². The fourth-order valence-corrected chi connectivity index (χ4v) is 2.21. The predicted octanol–water partition coefficient (Wildman–Crippen LogP) is 3.58. The molecule has 22 heavy (non-hydrogen) atoms. The van der Waals surface area contributed by atoms with Gasteiger partial charge in [-0.3, -0.25) is 4.79 Å². The van der Waals surface area contributed by atoms with E-state index in [1.165, 1.54) is 0 Å². The highest BCUT2D eigenvalue weighted by Gasteiger charge is 2.09. The van der Waals surface area contributed by atoms with Crippen LogP contribution in [-0.4, -0.2) is 19.6 Å². The standard InChI is InChI=1S/C18H21NO3/c1-4-22-16-8-6-5-7-15(16)19-18(20)12-14-10-9-13(2)17(11-14)21-3/h5-11H,4,12H2,1-3H3,(H,19,20). The third kappa shape index (κ3) is 4.01. The molecule has 0 aliphatic heterocycles. The van der Waals surface area contributed by atoms with Crippen LogP contribution in [0.25, 0.3) is 0 Å². The molecule has 0 atom stereocenters. The van der Waals surface area contributed by atoms with E-state index in [1.54, 1.807) is 7.11 Å². The number of para-hydroxylation sites is 2. The molecular weight excluding hydrogens is 278 g/mol. The minimum atomic E-state index is -0.0851. The zero-order chi connectivity index (χ0) is 15.9. The first-order chi connectivity index (χ1) is 10.6. The zero-order valence-electron chi connectivity index (χ0n) is 13.2. The molecule has 2 aromatic carbocycles. The minimum absolute atomic E-state index is 0.0851. The first kappa shape index (κ1) is 15.9. The average Bonchev–Trinajstić information content (AvgIpc) is 2.51. The maximum absolute atomic E-state index is 12.2. The van der Waals surface area contributed by atoms with Crippen molar-refractivity contribution < 1.29 is 14.3 Å². The summed E-state index contributed by atoms with van der Waals surface area (Å²) < 4.78 is 10.8. The van der Waals surface area contributed by atoms with Crippen LogP contribution in [0.1, 0.15) is 18.1 Å². The van der Waals surface area contributed by atoms with Crippen molar-refractivity contribution in [3.63, 3.8) is 0 Å². The van der Waals surface area contributed by atoms with Crippen LogP contribution in [0.3, 0.4) is 0 Å². The predicted molar refractivity (Wildman–Crippen MR) is 87.7 cm³/mol. The van der Waals surface area contributed by atoms with Crippen molar-refractivity contribution in [2.75, 3.05) is 19.0 Å². The van der Waals surface area contributed by atoms with E-state index in [2.05, 4.69) is 5.32 Å². The molecule has 1 N–H and O–H groups in total. The molecule has 2 rings (SSSR count). The fourth-order valence-electron chi connectivity index (χ4n) is 2.21. The van der Waals surface area contributed by atoms with Gasteiger partial charge in [0.05, 0.1) is 25.8 Å². The second-order valence-corrected chi connectivity index (χ2v) is 4.96. The molecule has 0 heterocycles. The van der Waals surface area contributed by atoms with E-state index in [9.17, 15) is 4.79 Å². The Bertz CT molecular complexity index is 653. The molecule has 4 heteroatoms. The Morgan fingerprint density at radius 3 is 2.64 bits per heavy atom. The monoisotopic (exact) mass is 299 g/mol. The summed E-state index contributed by atoms with van der Waals surface area (Å²) in [6.45, 7) is 4.44. The quantitative estimate of drug-likeness (QED) is 0.887. The maximum atomic E-state index is 12.2. The molecule has 0 radical (unpaired) electrons. The molecule has 0 fully saturated rings. The van der Waals surface area contributed by atoms with Crippen LogP contribution in [0.5, 0.6) is 11.5 Å². The van der Waals surface area contributed by atoms with Gasteiger partial charge in [-0.05, 0) is 43.2 Å². The minimum Gasteiger partial charge on any atom is -0.496 e. The summed E-state index contributed by atoms with van der Waals surface area (Å²) in [5, 5.41) is 2.89. The molecule has 0 spiro atoms. The Kier molecular flexibility index (Phi) is 5.42. The topological polar surface area (TPSA) is 47.6 Å². The summed E-state index contributed by atoms with van der Waals surface area (Å²) in [5.41, 5.74) is 2.65. The molecule has 2 aromatic rings. The third-order valence-electron chi connectivity index (χ3n) is 3.30. The van der Waals surface area contributed by atoms with Crippen LogP contribution >= 0.6 is 0 Å². The normalized spacial score (nSPS) is 10.1. The van der Waals surface area contributed by atoms with Gasteiger partial charge < -0.3 is 14.8 Å². The summed E-state index contributed by atoms with van der Waals surface area (Å²) in [6.07, 6.45) is 0.289. The second-order valence-electron chi connectivity index (χ2n) is 4.96. The SMILES string of the molecule is CCOc1ccccc1NC(=O)Cc1ccc(C)c(OC)c1. The van der Waals surface area contributed by atoms with Crippen LogP contribution in [-0.2, 0) is 11.2 Å². The lowest BCUT2D eigenvalue weighted by atomic mass is 10.1. The second kappa shape index (κ2) is 7.50. The summed E-state index contributed by atoms with van der Waals surface area (Å²) >= 11 is 0. The Labute approximate surface area is 131 Å². The molecule has 1 amide bonds. The first-order valence-corrected chi connectivity index (χ1v) is 7.29. The third-order valence-corrected chi connectivity index (χ3v) is 3.30. The number of ether oxygens (including phenoxy) is 2. The lowest BCUT2D eigenvalue weighted by Gasteiger charge is -2.12. The van der Waals surface area contributed by atoms with Crippen molar-refractivity contribution in [2.24, 2.45) is 0 Å². The van der Waals surface area contributed by atoms with Gasteiger partial charge in [-0.2, -0.15) is 0 Å². The fraction of sp³-hybridized carbons (Fsp3) is 0.278. The zero-order valence-corrected chi connectivity index (χ0v) is 13.2. The van der Waals surface area contributed by atoms with Crippen LogP contribution < -0.4 is 14.8 Å². The summed E-state index contributed by atoms with van der Waals surface area (Å²) in [5.74, 6) is 1.39. The molecule has 0 aliphatic carbocycles. The summed E-state index contributed by atoms with van der Waals surface area (Å²) in [4.78, 5) is 12.2. The number of amides is 1. The van der Waals surface area contributed by atoms with Gasteiger partial charge in [-0.1, -0.05) is 24.3 Å². The molecule has 0 saturated carbocycles. The highest BCUT2D eigenvalue weighted by molar-refractivity contribution is 5.93. The van der Waals surface area contributed by atoms with E-state index in [4.69, 9.17) is 9.47 Å². The number of anilines is 1. The number of aryl methyl sites for hydroxylation is 1. The van der Waals surface area contributed by atoms with Gasteiger partial charge in [-0.15, -0.1) is 0 Å². The Morgan fingerprint density at radius 2 is 1.91 bits per heavy atom. The maximum Gasteiger partial charge on any atom is 0.228 e. The first-order valence-electron chi connectivity index (χ1n) is 7.29. The Balaban J connectivity index is 2.07. The molecule has 116 valence electrons. The van der Waals surface area contributed by atoms with Gasteiger partial charge >= 0.3 is 0 Å². The highest BCUT2D eigenvalue weighted by Crippen LogP contribution is 2.24. The molecule has 0 aliphatic rings. The average molecular weight is 299 g/mol. The molecule has 0 unspecified atom stereocenters. The number of hydrogen-bond donors (Lipinski definition) is 1. The van der Waals surface area contributed by atoms with Gasteiger partial charge in [-0.25, -0.2) is 0 Å². The van der Waals surface area contributed by atoms with E-state index in [0.717, 1.165) is 16.9 Å². The van der Waals surface area contributed by atoms with E-state index in [0.29, 0.717) is 18.0 Å². The smallest absolute Gasteiger partial charge is 0.228 e. The summed E-state index contributed by atoms with van der Waals surface area (Å²) in [6, 6.07) is 13.2. The molecule has 0 bridgehead atoms. The van der Waals surface area contributed by atoms with Gasteiger partial charge in [0, 0.05) is 0 Å². The largest absolute Gasteiger partial charge is 0.496 e. The van der Waals surface area contributed by atoms with Gasteiger partial charge in [0.2, 0.25) is 5.91 Å². The van der Waals surface area contributed by atoms with Crippen LogP contribution in [0, 0.1) is 6.92 Å². The van der Waals surface area contributed by atoms with Gasteiger partial charge in [0.1, 0.15) is 11.5 Å². The van der Waals surface area contributed by atoms with Crippen molar-refractivity contribution >= 4 is 11.6 Å². The van der Waals surface area contributed by atoms with Crippen molar-refractivity contribution in [3.8, 4) is 11.5 Å². The number of carbonyl (C=O) groups excluding carboxylic acids is 1. The van der Waals surface area contributed by atoms with Crippen LogP contribution in [0.2, 0.25) is 0 Å². The molecule has 0 aromatic heterocycles. The molecular formula is C18H21NO3. The van der Waals surface area contributed by atoms with Gasteiger partial charge in [0.15, 0.2) is 0 Å².